The highest BCUT2D eigenvalue weighted by atomic mass is 19.3. The molecule has 0 aromatic rings. The molecule has 0 unspecified atom stereocenters. The van der Waals surface area contributed by atoms with E-state index in [0.717, 1.165) is 0 Å². The summed E-state index contributed by atoms with van der Waals surface area (Å²) in [5.41, 5.74) is -1.08. The van der Waals surface area contributed by atoms with Gasteiger partial charge < -0.3 is 4.74 Å². The minimum atomic E-state index is -2.47. The van der Waals surface area contributed by atoms with Gasteiger partial charge in [-0.3, -0.25) is 4.79 Å². The topological polar surface area (TPSA) is 26.3 Å². The number of carbonyl (C=O) groups is 1. The first-order chi connectivity index (χ1) is 4.90. The van der Waals surface area contributed by atoms with Crippen molar-refractivity contribution in [2.45, 2.75) is 26.7 Å². The van der Waals surface area contributed by atoms with Crippen molar-refractivity contribution >= 4 is 5.97 Å². The third-order valence-electron chi connectivity index (χ3n) is 1.40. The maximum Gasteiger partial charge on any atom is 0.311 e. The monoisotopic (exact) mass is 166 g/mol. The first-order valence-corrected chi connectivity index (χ1v) is 3.26. The molecule has 0 atom stereocenters. The third-order valence-corrected chi connectivity index (χ3v) is 1.40. The van der Waals surface area contributed by atoms with Gasteiger partial charge in [0.25, 0.3) is 0 Å². The van der Waals surface area contributed by atoms with Crippen LogP contribution in [0.15, 0.2) is 0 Å². The number of esters is 1. The Kier molecular flexibility index (Phi) is 3.42. The Bertz CT molecular complexity index is 143. The molecule has 0 fully saturated rings. The van der Waals surface area contributed by atoms with Gasteiger partial charge in [-0.2, -0.15) is 0 Å². The largest absolute Gasteiger partial charge is 0.469 e. The van der Waals surface area contributed by atoms with E-state index in [9.17, 15) is 13.6 Å². The van der Waals surface area contributed by atoms with Gasteiger partial charge in [-0.15, -0.1) is 0 Å². The summed E-state index contributed by atoms with van der Waals surface area (Å²) in [5, 5.41) is 0. The molecule has 0 aliphatic rings. The molecule has 0 amide bonds. The first-order valence-electron chi connectivity index (χ1n) is 3.26. The lowest BCUT2D eigenvalue weighted by Gasteiger charge is -2.20. The molecule has 0 spiro atoms. The highest BCUT2D eigenvalue weighted by molar-refractivity contribution is 5.75. The molecule has 0 aliphatic heterocycles. The number of hydrogen-bond donors (Lipinski definition) is 0. The van der Waals surface area contributed by atoms with E-state index in [1.165, 1.54) is 21.0 Å². The normalized spacial score (nSPS) is 11.8. The number of ether oxygens (including phenoxy) is 1. The Morgan fingerprint density at radius 1 is 1.55 bits per heavy atom. The fourth-order valence-corrected chi connectivity index (χ4v) is 0.745. The van der Waals surface area contributed by atoms with Gasteiger partial charge in [0.15, 0.2) is 0 Å². The smallest absolute Gasteiger partial charge is 0.311 e. The molecular weight excluding hydrogens is 154 g/mol. The van der Waals surface area contributed by atoms with Gasteiger partial charge in [-0.25, -0.2) is 8.78 Å². The summed E-state index contributed by atoms with van der Waals surface area (Å²) in [5.74, 6) is -0.599. The van der Waals surface area contributed by atoms with Crippen LogP contribution in [-0.4, -0.2) is 19.5 Å². The zero-order chi connectivity index (χ0) is 9.07. The minimum absolute atomic E-state index is 0.459. The van der Waals surface area contributed by atoms with E-state index in [-0.39, 0.29) is 0 Å². The van der Waals surface area contributed by atoms with E-state index in [4.69, 9.17) is 0 Å². The van der Waals surface area contributed by atoms with Crippen molar-refractivity contribution in [1.29, 1.82) is 0 Å². The molecule has 0 saturated carbocycles. The zero-order valence-electron chi connectivity index (χ0n) is 6.86. The second kappa shape index (κ2) is 3.64. The molecule has 0 bridgehead atoms. The van der Waals surface area contributed by atoms with E-state index in [0.29, 0.717) is 0 Å². The van der Waals surface area contributed by atoms with Crippen LogP contribution in [0, 0.1) is 5.41 Å². The summed E-state index contributed by atoms with van der Waals surface area (Å²) in [6.07, 6.45) is -2.93. The Balaban J connectivity index is 4.09. The number of rotatable bonds is 3. The average Bonchev–Trinajstić information content (AvgIpc) is 1.83. The van der Waals surface area contributed by atoms with Crippen LogP contribution in [0.2, 0.25) is 0 Å². The Labute approximate surface area is 64.5 Å². The summed E-state index contributed by atoms with van der Waals surface area (Å²) >= 11 is 0. The highest BCUT2D eigenvalue weighted by Crippen LogP contribution is 2.25. The maximum atomic E-state index is 11.8. The SMILES string of the molecule is COC(=O)C(C)(C)CC(F)F. The van der Waals surface area contributed by atoms with Crippen molar-refractivity contribution in [1.82, 2.24) is 0 Å². The molecule has 4 heteroatoms. The van der Waals surface area contributed by atoms with Crippen LogP contribution >= 0.6 is 0 Å². The van der Waals surface area contributed by atoms with Crippen LogP contribution < -0.4 is 0 Å². The molecular formula is C7H12F2O2. The second-order valence-electron chi connectivity index (χ2n) is 2.97. The predicted molar refractivity (Wildman–Crippen MR) is 36.4 cm³/mol. The molecule has 0 aromatic heterocycles. The average molecular weight is 166 g/mol. The summed E-state index contributed by atoms with van der Waals surface area (Å²) in [7, 11) is 1.19. The van der Waals surface area contributed by atoms with Gasteiger partial charge in [0, 0.05) is 6.42 Å². The number of methoxy groups -OCH3 is 1. The fraction of sp³-hybridized carbons (Fsp3) is 0.857. The summed E-state index contributed by atoms with van der Waals surface area (Å²) in [4.78, 5) is 10.8. The fourth-order valence-electron chi connectivity index (χ4n) is 0.745. The van der Waals surface area contributed by atoms with Gasteiger partial charge in [0.1, 0.15) is 0 Å². The Hall–Kier alpha value is -0.670. The highest BCUT2D eigenvalue weighted by Gasteiger charge is 2.31. The van der Waals surface area contributed by atoms with Gasteiger partial charge >= 0.3 is 5.97 Å². The van der Waals surface area contributed by atoms with Crippen molar-refractivity contribution in [3.8, 4) is 0 Å². The quantitative estimate of drug-likeness (QED) is 0.598. The molecule has 0 heterocycles. The lowest BCUT2D eigenvalue weighted by atomic mass is 9.90. The molecule has 66 valence electrons. The van der Waals surface area contributed by atoms with Gasteiger partial charge in [-0.05, 0) is 13.8 Å². The van der Waals surface area contributed by atoms with E-state index >= 15 is 0 Å². The molecule has 0 saturated heterocycles. The van der Waals surface area contributed by atoms with Crippen LogP contribution in [0.3, 0.4) is 0 Å². The van der Waals surface area contributed by atoms with Crippen molar-refractivity contribution in [3.05, 3.63) is 0 Å². The van der Waals surface area contributed by atoms with Crippen LogP contribution in [0.5, 0.6) is 0 Å². The van der Waals surface area contributed by atoms with E-state index in [1.54, 1.807) is 0 Å². The number of carbonyl (C=O) groups excluding carboxylic acids is 1. The van der Waals surface area contributed by atoms with Gasteiger partial charge in [0.2, 0.25) is 6.43 Å². The molecule has 0 radical (unpaired) electrons. The lowest BCUT2D eigenvalue weighted by Crippen LogP contribution is -2.27. The standard InChI is InChI=1S/C7H12F2O2/c1-7(2,4-5(8)9)6(10)11-3/h5H,4H2,1-3H3. The zero-order valence-corrected chi connectivity index (χ0v) is 6.86. The molecule has 0 N–H and O–H groups in total. The van der Waals surface area contributed by atoms with E-state index < -0.39 is 24.2 Å². The summed E-state index contributed by atoms with van der Waals surface area (Å²) in [6, 6.07) is 0. The molecule has 11 heavy (non-hydrogen) atoms. The Morgan fingerprint density at radius 2 is 2.00 bits per heavy atom. The van der Waals surface area contributed by atoms with Crippen molar-refractivity contribution in [2.75, 3.05) is 7.11 Å². The predicted octanol–water partition coefficient (Wildman–Crippen LogP) is 1.84. The summed E-state index contributed by atoms with van der Waals surface area (Å²) in [6.45, 7) is 2.87. The summed E-state index contributed by atoms with van der Waals surface area (Å²) < 4.78 is 28.0. The number of halogens is 2. The van der Waals surface area contributed by atoms with E-state index in [1.807, 2.05) is 0 Å². The van der Waals surface area contributed by atoms with Crippen molar-refractivity contribution < 1.29 is 18.3 Å². The number of alkyl halides is 2. The lowest BCUT2D eigenvalue weighted by molar-refractivity contribution is -0.153. The van der Waals surface area contributed by atoms with Crippen molar-refractivity contribution in [2.24, 2.45) is 5.41 Å². The van der Waals surface area contributed by atoms with Gasteiger partial charge in [-0.1, -0.05) is 0 Å². The van der Waals surface area contributed by atoms with Crippen LogP contribution in [-0.2, 0) is 9.53 Å². The molecule has 0 aromatic carbocycles. The van der Waals surface area contributed by atoms with Crippen molar-refractivity contribution in [3.63, 3.8) is 0 Å². The molecule has 0 aliphatic carbocycles. The number of hydrogen-bond acceptors (Lipinski definition) is 2. The first kappa shape index (κ1) is 10.3. The van der Waals surface area contributed by atoms with Gasteiger partial charge in [0.05, 0.1) is 12.5 Å². The molecule has 2 nitrogen and oxygen atoms in total. The maximum absolute atomic E-state index is 11.8. The third kappa shape index (κ3) is 3.30. The van der Waals surface area contributed by atoms with Crippen LogP contribution in [0.1, 0.15) is 20.3 Å². The Morgan fingerprint density at radius 3 is 2.27 bits per heavy atom. The molecule has 0 rings (SSSR count). The van der Waals surface area contributed by atoms with Crippen LogP contribution in [0.25, 0.3) is 0 Å². The second-order valence-corrected chi connectivity index (χ2v) is 2.97. The minimum Gasteiger partial charge on any atom is -0.469 e. The van der Waals surface area contributed by atoms with Crippen LogP contribution in [0.4, 0.5) is 8.78 Å². The van der Waals surface area contributed by atoms with E-state index in [2.05, 4.69) is 4.74 Å².